The first-order chi connectivity index (χ1) is 13.6. The maximum Gasteiger partial charge on any atom is 0.418 e. The summed E-state index contributed by atoms with van der Waals surface area (Å²) in [7, 11) is 0. The molecule has 3 rings (SSSR count). The minimum atomic E-state index is -4.64. The molecule has 0 aliphatic carbocycles. The number of halogens is 3. The number of carbonyl (C=O) groups is 1. The zero-order valence-corrected chi connectivity index (χ0v) is 16.3. The van der Waals surface area contributed by atoms with Crippen molar-refractivity contribution in [3.05, 3.63) is 68.8 Å². The third-order valence-corrected chi connectivity index (χ3v) is 4.71. The van der Waals surface area contributed by atoms with Crippen LogP contribution in [0.3, 0.4) is 0 Å². The summed E-state index contributed by atoms with van der Waals surface area (Å²) in [4.78, 5) is 30.0. The molecule has 0 amide bonds. The van der Waals surface area contributed by atoms with Crippen LogP contribution in [-0.4, -0.2) is 22.1 Å². The first-order valence-corrected chi connectivity index (χ1v) is 8.95. The van der Waals surface area contributed by atoms with Gasteiger partial charge < -0.3 is 4.74 Å². The van der Waals surface area contributed by atoms with Gasteiger partial charge >= 0.3 is 12.1 Å². The fourth-order valence-corrected chi connectivity index (χ4v) is 3.51. The standard InChI is InChI=1S/C21H19F3N2O3/c1-5-29-20(28)17-11(2)10-15-18(12(17)3)19(27)26(13(4)25-15)16-9-7-6-8-14(16)21(22,23)24/h6-10H,5H2,1-4H3. The molecule has 1 aromatic heterocycles. The number of hydrogen-bond donors (Lipinski definition) is 0. The van der Waals surface area contributed by atoms with Gasteiger partial charge in [-0.25, -0.2) is 9.78 Å². The van der Waals surface area contributed by atoms with Crippen LogP contribution in [0.15, 0.2) is 35.1 Å². The zero-order chi connectivity index (χ0) is 21.5. The predicted molar refractivity (Wildman–Crippen MR) is 103 cm³/mol. The molecule has 0 saturated heterocycles. The highest BCUT2D eigenvalue weighted by Crippen LogP contribution is 2.34. The monoisotopic (exact) mass is 404 g/mol. The molecule has 2 aromatic carbocycles. The van der Waals surface area contributed by atoms with Gasteiger partial charge in [-0.2, -0.15) is 13.2 Å². The molecule has 29 heavy (non-hydrogen) atoms. The van der Waals surface area contributed by atoms with Gasteiger partial charge in [-0.1, -0.05) is 12.1 Å². The van der Waals surface area contributed by atoms with Crippen molar-refractivity contribution in [2.75, 3.05) is 6.61 Å². The molecule has 0 spiro atoms. The van der Waals surface area contributed by atoms with Gasteiger partial charge in [0.1, 0.15) is 5.82 Å². The van der Waals surface area contributed by atoms with Crippen molar-refractivity contribution in [1.82, 2.24) is 9.55 Å². The number of ether oxygens (including phenoxy) is 1. The molecule has 0 radical (unpaired) electrons. The van der Waals surface area contributed by atoms with Crippen molar-refractivity contribution in [1.29, 1.82) is 0 Å². The number of fused-ring (bicyclic) bond motifs is 1. The van der Waals surface area contributed by atoms with E-state index in [0.29, 0.717) is 16.6 Å². The van der Waals surface area contributed by atoms with Crippen LogP contribution in [0, 0.1) is 20.8 Å². The van der Waals surface area contributed by atoms with Gasteiger partial charge in [-0.15, -0.1) is 0 Å². The molecular weight excluding hydrogens is 385 g/mol. The zero-order valence-electron chi connectivity index (χ0n) is 16.3. The molecule has 0 unspecified atom stereocenters. The van der Waals surface area contributed by atoms with Crippen molar-refractivity contribution in [2.45, 2.75) is 33.9 Å². The van der Waals surface area contributed by atoms with Crippen molar-refractivity contribution < 1.29 is 22.7 Å². The molecule has 0 aliphatic rings. The third kappa shape index (κ3) is 3.50. The van der Waals surface area contributed by atoms with Crippen molar-refractivity contribution >= 4 is 16.9 Å². The van der Waals surface area contributed by atoms with Crippen LogP contribution >= 0.6 is 0 Å². The Hall–Kier alpha value is -3.16. The highest BCUT2D eigenvalue weighted by atomic mass is 19.4. The van der Waals surface area contributed by atoms with E-state index in [-0.39, 0.29) is 29.1 Å². The summed E-state index contributed by atoms with van der Waals surface area (Å²) in [6.07, 6.45) is -4.64. The lowest BCUT2D eigenvalue weighted by Crippen LogP contribution is -2.26. The van der Waals surface area contributed by atoms with Gasteiger partial charge in [0.2, 0.25) is 0 Å². The molecule has 1 heterocycles. The van der Waals surface area contributed by atoms with Gasteiger partial charge in [0.05, 0.1) is 34.3 Å². The minimum Gasteiger partial charge on any atom is -0.462 e. The Kier molecular flexibility index (Phi) is 5.21. The topological polar surface area (TPSA) is 61.2 Å². The molecule has 8 heteroatoms. The molecule has 152 valence electrons. The van der Waals surface area contributed by atoms with Gasteiger partial charge in [0.15, 0.2) is 0 Å². The van der Waals surface area contributed by atoms with E-state index in [1.807, 2.05) is 0 Å². The summed E-state index contributed by atoms with van der Waals surface area (Å²) in [5, 5.41) is 0.0845. The van der Waals surface area contributed by atoms with E-state index in [9.17, 15) is 22.8 Å². The van der Waals surface area contributed by atoms with E-state index in [2.05, 4.69) is 4.98 Å². The lowest BCUT2D eigenvalue weighted by atomic mass is 9.98. The number of aromatic nitrogens is 2. The molecule has 0 bridgehead atoms. The SMILES string of the molecule is CCOC(=O)c1c(C)cc2nc(C)n(-c3ccccc3C(F)(F)F)c(=O)c2c1C. The van der Waals surface area contributed by atoms with Crippen LogP contribution in [0.1, 0.15) is 39.8 Å². The van der Waals surface area contributed by atoms with Crippen LogP contribution in [0.5, 0.6) is 0 Å². The minimum absolute atomic E-state index is 0.0845. The summed E-state index contributed by atoms with van der Waals surface area (Å²) in [6.45, 7) is 6.55. The summed E-state index contributed by atoms with van der Waals surface area (Å²) >= 11 is 0. The molecule has 0 atom stereocenters. The molecule has 3 aromatic rings. The average Bonchev–Trinajstić information content (AvgIpc) is 2.60. The number of carbonyl (C=O) groups excluding carboxylic acids is 1. The fourth-order valence-electron chi connectivity index (χ4n) is 3.51. The summed E-state index contributed by atoms with van der Waals surface area (Å²) in [5.41, 5.74) is -0.486. The Morgan fingerprint density at radius 3 is 2.45 bits per heavy atom. The van der Waals surface area contributed by atoms with Gasteiger partial charge in [0, 0.05) is 0 Å². The second-order valence-corrected chi connectivity index (χ2v) is 6.62. The molecule has 0 N–H and O–H groups in total. The Bertz CT molecular complexity index is 1180. The Balaban J connectivity index is 2.41. The first kappa shape index (κ1) is 20.6. The van der Waals surface area contributed by atoms with Crippen molar-refractivity contribution in [3.63, 3.8) is 0 Å². The number of rotatable bonds is 3. The van der Waals surface area contributed by atoms with Crippen molar-refractivity contribution in [3.8, 4) is 5.69 Å². The van der Waals surface area contributed by atoms with E-state index < -0.39 is 23.3 Å². The van der Waals surface area contributed by atoms with Gasteiger partial charge in [0.25, 0.3) is 5.56 Å². The Morgan fingerprint density at radius 2 is 1.83 bits per heavy atom. The largest absolute Gasteiger partial charge is 0.462 e. The Labute approximate surface area is 164 Å². The molecule has 0 fully saturated rings. The number of hydrogen-bond acceptors (Lipinski definition) is 4. The molecule has 0 aliphatic heterocycles. The highest BCUT2D eigenvalue weighted by Gasteiger charge is 2.34. The lowest BCUT2D eigenvalue weighted by Gasteiger charge is -2.18. The number of benzene rings is 2. The highest BCUT2D eigenvalue weighted by molar-refractivity contribution is 5.99. The smallest absolute Gasteiger partial charge is 0.418 e. The summed E-state index contributed by atoms with van der Waals surface area (Å²) < 4.78 is 46.5. The normalized spacial score (nSPS) is 11.7. The lowest BCUT2D eigenvalue weighted by molar-refractivity contribution is -0.137. The van der Waals surface area contributed by atoms with E-state index in [1.165, 1.54) is 25.1 Å². The predicted octanol–water partition coefficient (Wildman–Crippen LogP) is 4.51. The maximum atomic E-state index is 13.5. The average molecular weight is 404 g/mol. The first-order valence-electron chi connectivity index (χ1n) is 8.95. The van der Waals surface area contributed by atoms with Crippen LogP contribution < -0.4 is 5.56 Å². The number of alkyl halides is 3. The second-order valence-electron chi connectivity index (χ2n) is 6.62. The van der Waals surface area contributed by atoms with E-state index in [0.717, 1.165) is 10.6 Å². The van der Waals surface area contributed by atoms with Gasteiger partial charge in [-0.05, 0) is 57.0 Å². The number of nitrogens with zero attached hydrogens (tertiary/aromatic N) is 2. The number of esters is 1. The van der Waals surface area contributed by atoms with E-state index in [1.54, 1.807) is 26.8 Å². The second kappa shape index (κ2) is 7.35. The molecule has 0 saturated carbocycles. The van der Waals surface area contributed by atoms with E-state index in [4.69, 9.17) is 4.74 Å². The van der Waals surface area contributed by atoms with E-state index >= 15 is 0 Å². The number of aryl methyl sites for hydroxylation is 3. The fraction of sp³-hybridized carbons (Fsp3) is 0.286. The Morgan fingerprint density at radius 1 is 1.17 bits per heavy atom. The van der Waals surface area contributed by atoms with Crippen LogP contribution in [0.4, 0.5) is 13.2 Å². The summed E-state index contributed by atoms with van der Waals surface area (Å²) in [6, 6.07) is 6.39. The summed E-state index contributed by atoms with van der Waals surface area (Å²) in [5.74, 6) is -0.478. The molecule has 5 nitrogen and oxygen atoms in total. The maximum absolute atomic E-state index is 13.5. The van der Waals surface area contributed by atoms with Crippen LogP contribution in [-0.2, 0) is 10.9 Å². The quantitative estimate of drug-likeness (QED) is 0.603. The van der Waals surface area contributed by atoms with Gasteiger partial charge in [-0.3, -0.25) is 9.36 Å². The third-order valence-electron chi connectivity index (χ3n) is 4.71. The number of para-hydroxylation sites is 1. The van der Waals surface area contributed by atoms with Crippen molar-refractivity contribution in [2.24, 2.45) is 0 Å². The molecular formula is C21H19F3N2O3. The van der Waals surface area contributed by atoms with Crippen LogP contribution in [0.25, 0.3) is 16.6 Å². The van der Waals surface area contributed by atoms with Crippen LogP contribution in [0.2, 0.25) is 0 Å².